The maximum atomic E-state index is 11.8. The van der Waals surface area contributed by atoms with Crippen molar-refractivity contribution in [2.45, 2.75) is 6.42 Å². The van der Waals surface area contributed by atoms with Crippen molar-refractivity contribution in [3.05, 3.63) is 70.8 Å². The first-order valence-corrected chi connectivity index (χ1v) is 6.55. The largest absolute Gasteiger partial charge is 0.330 e. The number of aromatic nitrogens is 2. The van der Waals surface area contributed by atoms with E-state index in [-0.39, 0.29) is 5.56 Å². The van der Waals surface area contributed by atoms with Crippen LogP contribution in [0, 0.1) is 0 Å². The maximum Gasteiger partial charge on any atom is 0.280 e. The maximum absolute atomic E-state index is 11.8. The van der Waals surface area contributed by atoms with Gasteiger partial charge in [0.1, 0.15) is 6.33 Å². The molecule has 3 aromatic rings. The summed E-state index contributed by atoms with van der Waals surface area (Å²) in [4.78, 5) is 15.7. The monoisotopic (exact) mass is 265 g/mol. The Labute approximate surface area is 116 Å². The van der Waals surface area contributed by atoms with Crippen LogP contribution in [0.5, 0.6) is 0 Å². The Morgan fingerprint density at radius 2 is 1.80 bits per heavy atom. The van der Waals surface area contributed by atoms with Crippen molar-refractivity contribution in [3.8, 4) is 5.69 Å². The number of hydrogen-bond donors (Lipinski definition) is 1. The Morgan fingerprint density at radius 1 is 1.05 bits per heavy atom. The number of benzene rings is 2. The van der Waals surface area contributed by atoms with Crippen LogP contribution < -0.4 is 11.3 Å². The van der Waals surface area contributed by atoms with Gasteiger partial charge in [0.25, 0.3) is 5.56 Å². The number of rotatable bonds is 3. The molecule has 0 bridgehead atoms. The van der Waals surface area contributed by atoms with E-state index in [2.05, 4.69) is 17.1 Å². The first kappa shape index (κ1) is 12.6. The minimum Gasteiger partial charge on any atom is -0.330 e. The summed E-state index contributed by atoms with van der Waals surface area (Å²) in [6, 6.07) is 15.6. The van der Waals surface area contributed by atoms with Crippen molar-refractivity contribution in [3.63, 3.8) is 0 Å². The Hall–Kier alpha value is -2.46. The lowest BCUT2D eigenvalue weighted by molar-refractivity contribution is 0.962. The fourth-order valence-corrected chi connectivity index (χ4v) is 2.30. The van der Waals surface area contributed by atoms with Gasteiger partial charge in [0, 0.05) is 5.69 Å². The van der Waals surface area contributed by atoms with Gasteiger partial charge in [-0.1, -0.05) is 24.3 Å². The van der Waals surface area contributed by atoms with E-state index in [0.29, 0.717) is 11.9 Å². The van der Waals surface area contributed by atoms with Crippen LogP contribution in [-0.4, -0.2) is 16.1 Å². The normalized spacial score (nSPS) is 10.8. The zero-order valence-corrected chi connectivity index (χ0v) is 11.0. The highest BCUT2D eigenvalue weighted by molar-refractivity contribution is 5.79. The third-order valence-corrected chi connectivity index (χ3v) is 3.33. The predicted octanol–water partition coefficient (Wildman–Crippen LogP) is 1.89. The Morgan fingerprint density at radius 3 is 2.55 bits per heavy atom. The Balaban J connectivity index is 2.15. The second-order valence-electron chi connectivity index (χ2n) is 4.64. The number of hydrogen-bond acceptors (Lipinski definition) is 3. The third kappa shape index (κ3) is 2.21. The standard InChI is InChI=1S/C16H15N3O/c17-10-9-12-5-7-13(8-6-12)19-11-18-16(20)14-3-1-2-4-15(14)19/h1-8,11H,9-10,17H2. The SMILES string of the molecule is NCCc1ccc(-n2cnc(=O)c3ccccc32)cc1. The summed E-state index contributed by atoms with van der Waals surface area (Å²) in [5.74, 6) is 0. The average molecular weight is 265 g/mol. The van der Waals surface area contributed by atoms with Crippen molar-refractivity contribution in [1.82, 2.24) is 9.55 Å². The molecule has 4 nitrogen and oxygen atoms in total. The lowest BCUT2D eigenvalue weighted by Crippen LogP contribution is -2.11. The zero-order valence-electron chi connectivity index (χ0n) is 11.0. The van der Waals surface area contributed by atoms with Crippen LogP contribution in [0.4, 0.5) is 0 Å². The van der Waals surface area contributed by atoms with Crippen LogP contribution in [-0.2, 0) is 6.42 Å². The van der Waals surface area contributed by atoms with Crippen molar-refractivity contribution in [1.29, 1.82) is 0 Å². The molecule has 3 rings (SSSR count). The van der Waals surface area contributed by atoms with Gasteiger partial charge in [-0.05, 0) is 42.8 Å². The predicted molar refractivity (Wildman–Crippen MR) is 80.1 cm³/mol. The van der Waals surface area contributed by atoms with E-state index in [1.165, 1.54) is 5.56 Å². The van der Waals surface area contributed by atoms with Crippen molar-refractivity contribution in [2.75, 3.05) is 6.54 Å². The third-order valence-electron chi connectivity index (χ3n) is 3.33. The molecule has 0 aliphatic rings. The zero-order chi connectivity index (χ0) is 13.9. The van der Waals surface area contributed by atoms with Crippen molar-refractivity contribution < 1.29 is 0 Å². The molecule has 0 fully saturated rings. The molecule has 1 heterocycles. The van der Waals surface area contributed by atoms with Crippen LogP contribution in [0.2, 0.25) is 0 Å². The van der Waals surface area contributed by atoms with Crippen molar-refractivity contribution in [2.24, 2.45) is 5.73 Å². The van der Waals surface area contributed by atoms with Gasteiger partial charge in [-0.25, -0.2) is 0 Å². The molecule has 0 spiro atoms. The Bertz CT molecular complexity index is 791. The molecule has 0 saturated carbocycles. The lowest BCUT2D eigenvalue weighted by atomic mass is 10.1. The molecule has 20 heavy (non-hydrogen) atoms. The van der Waals surface area contributed by atoms with Gasteiger partial charge in [0.05, 0.1) is 10.9 Å². The topological polar surface area (TPSA) is 60.9 Å². The van der Waals surface area contributed by atoms with E-state index in [0.717, 1.165) is 17.6 Å². The van der Waals surface area contributed by atoms with Gasteiger partial charge in [0.2, 0.25) is 0 Å². The minimum absolute atomic E-state index is 0.198. The molecule has 0 amide bonds. The first-order chi connectivity index (χ1) is 9.79. The number of nitrogens with two attached hydrogens (primary N) is 1. The van der Waals surface area contributed by atoms with Crippen LogP contribution in [0.3, 0.4) is 0 Å². The number of para-hydroxylation sites is 1. The first-order valence-electron chi connectivity index (χ1n) is 6.55. The molecular weight excluding hydrogens is 250 g/mol. The second kappa shape index (κ2) is 5.27. The van der Waals surface area contributed by atoms with Gasteiger partial charge >= 0.3 is 0 Å². The van der Waals surface area contributed by atoms with Crippen molar-refractivity contribution >= 4 is 10.9 Å². The van der Waals surface area contributed by atoms with E-state index in [1.54, 1.807) is 12.4 Å². The highest BCUT2D eigenvalue weighted by atomic mass is 16.1. The molecule has 1 aromatic heterocycles. The molecule has 0 unspecified atom stereocenters. The fourth-order valence-electron chi connectivity index (χ4n) is 2.30. The molecule has 0 aliphatic carbocycles. The van der Waals surface area contributed by atoms with Crippen LogP contribution in [0.15, 0.2) is 59.7 Å². The second-order valence-corrected chi connectivity index (χ2v) is 4.64. The van der Waals surface area contributed by atoms with Gasteiger partial charge in [0.15, 0.2) is 0 Å². The Kier molecular flexibility index (Phi) is 3.31. The number of nitrogens with zero attached hydrogens (tertiary/aromatic N) is 2. The van der Waals surface area contributed by atoms with E-state index < -0.39 is 0 Å². The molecule has 2 N–H and O–H groups in total. The highest BCUT2D eigenvalue weighted by Crippen LogP contribution is 2.16. The van der Waals surface area contributed by atoms with Crippen LogP contribution >= 0.6 is 0 Å². The smallest absolute Gasteiger partial charge is 0.280 e. The molecule has 0 atom stereocenters. The minimum atomic E-state index is -0.198. The van der Waals surface area contributed by atoms with E-state index in [4.69, 9.17) is 5.73 Å². The van der Waals surface area contributed by atoms with Gasteiger partial charge in [-0.2, -0.15) is 4.98 Å². The molecule has 100 valence electrons. The van der Waals surface area contributed by atoms with Crippen LogP contribution in [0.1, 0.15) is 5.56 Å². The lowest BCUT2D eigenvalue weighted by Gasteiger charge is -2.10. The van der Waals surface area contributed by atoms with E-state index in [1.807, 2.05) is 34.9 Å². The summed E-state index contributed by atoms with van der Waals surface area (Å²) in [6.45, 7) is 0.641. The molecular formula is C16H15N3O. The summed E-state index contributed by atoms with van der Waals surface area (Å²) < 4.78 is 1.92. The quantitative estimate of drug-likeness (QED) is 0.786. The highest BCUT2D eigenvalue weighted by Gasteiger charge is 2.04. The summed E-state index contributed by atoms with van der Waals surface area (Å²) >= 11 is 0. The summed E-state index contributed by atoms with van der Waals surface area (Å²) in [5.41, 5.74) is 8.40. The van der Waals surface area contributed by atoms with E-state index >= 15 is 0 Å². The van der Waals surface area contributed by atoms with Crippen LogP contribution in [0.25, 0.3) is 16.6 Å². The molecule has 4 heteroatoms. The van der Waals surface area contributed by atoms with Gasteiger partial charge < -0.3 is 10.3 Å². The van der Waals surface area contributed by atoms with Gasteiger partial charge in [-0.15, -0.1) is 0 Å². The fraction of sp³-hybridized carbons (Fsp3) is 0.125. The summed E-state index contributed by atoms with van der Waals surface area (Å²) in [7, 11) is 0. The molecule has 0 radical (unpaired) electrons. The molecule has 0 aliphatic heterocycles. The molecule has 0 saturated heterocycles. The average Bonchev–Trinajstić information content (AvgIpc) is 2.49. The molecule has 2 aromatic carbocycles. The summed E-state index contributed by atoms with van der Waals surface area (Å²) in [5, 5.41) is 0.626. The van der Waals surface area contributed by atoms with Gasteiger partial charge in [-0.3, -0.25) is 4.79 Å². The summed E-state index contributed by atoms with van der Waals surface area (Å²) in [6.07, 6.45) is 2.44. The van der Waals surface area contributed by atoms with E-state index in [9.17, 15) is 4.79 Å². The number of fused-ring (bicyclic) bond motifs is 1.